The number of para-hydroxylation sites is 1. The molecule has 0 amide bonds. The topological polar surface area (TPSA) is 47.6 Å². The molecular weight excluding hydrogens is 254 g/mol. The van der Waals surface area contributed by atoms with Crippen molar-refractivity contribution in [2.75, 3.05) is 25.6 Å². The Bertz CT molecular complexity index is 389. The molecule has 0 fully saturated rings. The van der Waals surface area contributed by atoms with Crippen LogP contribution in [0.25, 0.3) is 0 Å². The van der Waals surface area contributed by atoms with Gasteiger partial charge in [0.2, 0.25) is 0 Å². The largest absolute Gasteiger partial charge is 0.462 e. The number of hydrogen-bond acceptors (Lipinski definition) is 4. The Morgan fingerprint density at radius 1 is 1.44 bits per heavy atom. The Labute approximate surface area is 112 Å². The third-order valence-electron chi connectivity index (χ3n) is 2.47. The van der Waals surface area contributed by atoms with Gasteiger partial charge in [0, 0.05) is 7.11 Å². The van der Waals surface area contributed by atoms with E-state index in [9.17, 15) is 4.79 Å². The van der Waals surface area contributed by atoms with Gasteiger partial charge < -0.3 is 14.8 Å². The van der Waals surface area contributed by atoms with Crippen LogP contribution in [0.1, 0.15) is 12.5 Å². The number of ether oxygens (including phenoxy) is 2. The number of carbonyl (C=O) groups is 1. The summed E-state index contributed by atoms with van der Waals surface area (Å²) in [6.45, 7) is 4.31. The van der Waals surface area contributed by atoms with Gasteiger partial charge in [0.15, 0.2) is 0 Å². The fourth-order valence-corrected chi connectivity index (χ4v) is 1.72. The third kappa shape index (κ3) is 4.20. The number of rotatable bonds is 6. The maximum Gasteiger partial charge on any atom is 0.328 e. The van der Waals surface area contributed by atoms with Crippen LogP contribution in [0.4, 0.5) is 5.69 Å². The van der Waals surface area contributed by atoms with Crippen LogP contribution in [0.2, 0.25) is 5.02 Å². The summed E-state index contributed by atoms with van der Waals surface area (Å²) in [6, 6.07) is 5.11. The average molecular weight is 272 g/mol. The van der Waals surface area contributed by atoms with Gasteiger partial charge in [0.05, 0.1) is 17.3 Å². The molecule has 1 unspecified atom stereocenters. The summed E-state index contributed by atoms with van der Waals surface area (Å²) in [6.07, 6.45) is 0. The lowest BCUT2D eigenvalue weighted by molar-refractivity contribution is -0.145. The van der Waals surface area contributed by atoms with Gasteiger partial charge in [0.25, 0.3) is 0 Å². The second-order valence-electron chi connectivity index (χ2n) is 3.96. The van der Waals surface area contributed by atoms with Gasteiger partial charge in [-0.15, -0.1) is 0 Å². The Morgan fingerprint density at radius 2 is 2.17 bits per heavy atom. The Balaban J connectivity index is 2.58. The summed E-state index contributed by atoms with van der Waals surface area (Å²) in [7, 11) is 1.56. The fourth-order valence-electron chi connectivity index (χ4n) is 1.44. The fraction of sp³-hybridized carbons (Fsp3) is 0.462. The molecule has 0 spiro atoms. The lowest BCUT2D eigenvalue weighted by Gasteiger charge is -2.17. The third-order valence-corrected chi connectivity index (χ3v) is 2.78. The second-order valence-corrected chi connectivity index (χ2v) is 4.37. The minimum Gasteiger partial charge on any atom is -0.462 e. The van der Waals surface area contributed by atoms with Crippen LogP contribution in [-0.4, -0.2) is 32.3 Å². The number of carbonyl (C=O) groups excluding carboxylic acids is 1. The van der Waals surface area contributed by atoms with Gasteiger partial charge in [-0.05, 0) is 25.5 Å². The molecule has 100 valence electrons. The highest BCUT2D eigenvalue weighted by atomic mass is 35.5. The van der Waals surface area contributed by atoms with E-state index in [2.05, 4.69) is 5.32 Å². The van der Waals surface area contributed by atoms with E-state index >= 15 is 0 Å². The first-order valence-electron chi connectivity index (χ1n) is 5.73. The molecule has 0 heterocycles. The van der Waals surface area contributed by atoms with E-state index in [1.165, 1.54) is 0 Å². The molecule has 0 bridgehead atoms. The van der Waals surface area contributed by atoms with Crippen molar-refractivity contribution in [2.24, 2.45) is 0 Å². The highest BCUT2D eigenvalue weighted by molar-refractivity contribution is 6.33. The number of nitrogens with one attached hydrogen (secondary N) is 1. The van der Waals surface area contributed by atoms with E-state index in [1.54, 1.807) is 20.1 Å². The van der Waals surface area contributed by atoms with Gasteiger partial charge >= 0.3 is 5.97 Å². The molecule has 5 heteroatoms. The summed E-state index contributed by atoms with van der Waals surface area (Å²) in [5.41, 5.74) is 1.74. The molecule has 4 nitrogen and oxygen atoms in total. The van der Waals surface area contributed by atoms with Gasteiger partial charge in [0.1, 0.15) is 12.6 Å². The van der Waals surface area contributed by atoms with Gasteiger partial charge in [-0.1, -0.05) is 23.7 Å². The number of esters is 1. The van der Waals surface area contributed by atoms with Crippen LogP contribution in [0.5, 0.6) is 0 Å². The summed E-state index contributed by atoms with van der Waals surface area (Å²) in [5.74, 6) is -0.327. The van der Waals surface area contributed by atoms with E-state index in [-0.39, 0.29) is 12.6 Å². The molecule has 1 atom stereocenters. The molecule has 1 N–H and O–H groups in total. The van der Waals surface area contributed by atoms with Crippen LogP contribution in [-0.2, 0) is 14.3 Å². The summed E-state index contributed by atoms with van der Waals surface area (Å²) >= 11 is 6.07. The number of anilines is 1. The van der Waals surface area contributed by atoms with E-state index in [0.29, 0.717) is 11.6 Å². The predicted octanol–water partition coefficient (Wildman–Crippen LogP) is 2.64. The highest BCUT2D eigenvalue weighted by Crippen LogP contribution is 2.25. The highest BCUT2D eigenvalue weighted by Gasteiger charge is 2.16. The maximum atomic E-state index is 11.7. The zero-order valence-corrected chi connectivity index (χ0v) is 11.6. The number of benzene rings is 1. The van der Waals surface area contributed by atoms with Crippen molar-refractivity contribution in [2.45, 2.75) is 19.9 Å². The molecule has 1 aromatic rings. The second kappa shape index (κ2) is 7.24. The van der Waals surface area contributed by atoms with Gasteiger partial charge in [-0.3, -0.25) is 0 Å². The standard InChI is InChI=1S/C13H18ClNO3/c1-9-5-4-6-11(14)12(9)15-10(2)13(16)18-8-7-17-3/h4-6,10,15H,7-8H2,1-3H3. The van der Waals surface area contributed by atoms with Crippen LogP contribution in [0, 0.1) is 6.92 Å². The Hall–Kier alpha value is -1.26. The van der Waals surface area contributed by atoms with E-state index in [1.807, 2.05) is 19.1 Å². The van der Waals surface area contributed by atoms with Crippen molar-refractivity contribution in [3.05, 3.63) is 28.8 Å². The van der Waals surface area contributed by atoms with E-state index in [4.69, 9.17) is 21.1 Å². The monoisotopic (exact) mass is 271 g/mol. The van der Waals surface area contributed by atoms with Crippen LogP contribution >= 0.6 is 11.6 Å². The summed E-state index contributed by atoms with van der Waals surface area (Å²) in [4.78, 5) is 11.7. The quantitative estimate of drug-likeness (QED) is 0.638. The first kappa shape index (κ1) is 14.8. The maximum absolute atomic E-state index is 11.7. The van der Waals surface area contributed by atoms with Crippen molar-refractivity contribution in [3.8, 4) is 0 Å². The van der Waals surface area contributed by atoms with E-state index < -0.39 is 6.04 Å². The first-order chi connectivity index (χ1) is 8.56. The SMILES string of the molecule is COCCOC(=O)C(C)Nc1c(C)cccc1Cl. The predicted molar refractivity (Wildman–Crippen MR) is 72.1 cm³/mol. The smallest absolute Gasteiger partial charge is 0.328 e. The zero-order chi connectivity index (χ0) is 13.5. The van der Waals surface area contributed by atoms with E-state index in [0.717, 1.165) is 11.3 Å². The summed E-state index contributed by atoms with van der Waals surface area (Å²) < 4.78 is 9.84. The van der Waals surface area contributed by atoms with Gasteiger partial charge in [-0.25, -0.2) is 4.79 Å². The number of aryl methyl sites for hydroxylation is 1. The van der Waals surface area contributed by atoms with Crippen molar-refractivity contribution < 1.29 is 14.3 Å². The summed E-state index contributed by atoms with van der Waals surface area (Å²) in [5, 5.41) is 3.65. The van der Waals surface area contributed by atoms with Crippen LogP contribution in [0.15, 0.2) is 18.2 Å². The molecule has 1 rings (SSSR count). The first-order valence-corrected chi connectivity index (χ1v) is 6.11. The molecule has 0 aliphatic rings. The Morgan fingerprint density at radius 3 is 2.78 bits per heavy atom. The number of hydrogen-bond donors (Lipinski definition) is 1. The lowest BCUT2D eigenvalue weighted by Crippen LogP contribution is -2.29. The number of methoxy groups -OCH3 is 1. The van der Waals surface area contributed by atoms with Crippen molar-refractivity contribution in [1.82, 2.24) is 0 Å². The normalized spacial score (nSPS) is 12.0. The van der Waals surface area contributed by atoms with Gasteiger partial charge in [-0.2, -0.15) is 0 Å². The Kier molecular flexibility index (Phi) is 5.95. The molecule has 0 aliphatic heterocycles. The minimum absolute atomic E-state index is 0.253. The molecule has 0 aromatic heterocycles. The molecule has 0 aliphatic carbocycles. The lowest BCUT2D eigenvalue weighted by atomic mass is 10.2. The van der Waals surface area contributed by atoms with Crippen molar-refractivity contribution >= 4 is 23.3 Å². The molecular formula is C13H18ClNO3. The number of halogens is 1. The molecule has 0 saturated carbocycles. The van der Waals surface area contributed by atoms with Crippen LogP contribution < -0.4 is 5.32 Å². The van der Waals surface area contributed by atoms with Crippen molar-refractivity contribution in [1.29, 1.82) is 0 Å². The molecule has 0 radical (unpaired) electrons. The molecule has 18 heavy (non-hydrogen) atoms. The minimum atomic E-state index is -0.458. The zero-order valence-electron chi connectivity index (χ0n) is 10.8. The molecule has 1 aromatic carbocycles. The molecule has 0 saturated heterocycles. The van der Waals surface area contributed by atoms with Crippen molar-refractivity contribution in [3.63, 3.8) is 0 Å². The average Bonchev–Trinajstić information content (AvgIpc) is 2.34. The van der Waals surface area contributed by atoms with Crippen LogP contribution in [0.3, 0.4) is 0 Å².